The summed E-state index contributed by atoms with van der Waals surface area (Å²) in [5.41, 5.74) is 6.38. The van der Waals surface area contributed by atoms with Crippen LogP contribution in [0.15, 0.2) is 12.1 Å². The highest BCUT2D eigenvalue weighted by Gasteiger charge is 2.43. The van der Waals surface area contributed by atoms with Crippen molar-refractivity contribution in [3.8, 4) is 11.5 Å². The van der Waals surface area contributed by atoms with Crippen molar-refractivity contribution < 1.29 is 14.2 Å². The Balaban J connectivity index is 2.46. The van der Waals surface area contributed by atoms with Gasteiger partial charge in [-0.05, 0) is 30.5 Å². The van der Waals surface area contributed by atoms with Crippen LogP contribution in [0.2, 0.25) is 0 Å². The van der Waals surface area contributed by atoms with E-state index in [0.29, 0.717) is 6.54 Å². The number of phenols is 1. The molecule has 4 heteroatoms. The van der Waals surface area contributed by atoms with Crippen LogP contribution in [0.25, 0.3) is 0 Å². The maximum absolute atomic E-state index is 13.4. The summed E-state index contributed by atoms with van der Waals surface area (Å²) < 4.78 is 18.3. The molecule has 0 spiro atoms. The molecule has 1 aromatic carbocycles. The van der Waals surface area contributed by atoms with Crippen molar-refractivity contribution in [2.45, 2.75) is 18.3 Å². The lowest BCUT2D eigenvalue weighted by atomic mass is 9.95. The van der Waals surface area contributed by atoms with Crippen LogP contribution in [0.5, 0.6) is 11.5 Å². The van der Waals surface area contributed by atoms with Gasteiger partial charge in [0.05, 0.1) is 7.11 Å². The Hall–Kier alpha value is -1.29. The SMILES string of the molecule is COc1cc(C2(CN)CC2)cc(F)c1O. The molecule has 82 valence electrons. The van der Waals surface area contributed by atoms with E-state index in [1.165, 1.54) is 13.2 Å². The van der Waals surface area contributed by atoms with Crippen LogP contribution in [0, 0.1) is 5.82 Å². The zero-order valence-electron chi connectivity index (χ0n) is 8.59. The summed E-state index contributed by atoms with van der Waals surface area (Å²) >= 11 is 0. The highest BCUT2D eigenvalue weighted by Crippen LogP contribution is 2.49. The summed E-state index contributed by atoms with van der Waals surface area (Å²) in [6, 6.07) is 3.01. The molecule has 1 aromatic rings. The topological polar surface area (TPSA) is 55.5 Å². The zero-order valence-corrected chi connectivity index (χ0v) is 8.59. The van der Waals surface area contributed by atoms with E-state index >= 15 is 0 Å². The van der Waals surface area contributed by atoms with Crippen LogP contribution < -0.4 is 10.5 Å². The largest absolute Gasteiger partial charge is 0.502 e. The summed E-state index contributed by atoms with van der Waals surface area (Å²) in [7, 11) is 1.40. The van der Waals surface area contributed by atoms with Gasteiger partial charge in [0.2, 0.25) is 0 Å². The number of rotatable bonds is 3. The van der Waals surface area contributed by atoms with Crippen molar-refractivity contribution in [2.24, 2.45) is 5.73 Å². The van der Waals surface area contributed by atoms with E-state index in [-0.39, 0.29) is 11.2 Å². The van der Waals surface area contributed by atoms with Gasteiger partial charge in [0.1, 0.15) is 0 Å². The monoisotopic (exact) mass is 211 g/mol. The molecule has 1 fully saturated rings. The predicted molar refractivity (Wildman–Crippen MR) is 54.6 cm³/mol. The Kier molecular flexibility index (Phi) is 2.31. The van der Waals surface area contributed by atoms with Crippen molar-refractivity contribution >= 4 is 0 Å². The number of hydrogen-bond donors (Lipinski definition) is 2. The van der Waals surface area contributed by atoms with Gasteiger partial charge in [0, 0.05) is 12.0 Å². The number of ether oxygens (including phenoxy) is 1. The van der Waals surface area contributed by atoms with Crippen LogP contribution in [0.3, 0.4) is 0 Å². The predicted octanol–water partition coefficient (Wildman–Crippen LogP) is 1.53. The van der Waals surface area contributed by atoms with Crippen LogP contribution >= 0.6 is 0 Å². The first kappa shape index (κ1) is 10.2. The summed E-state index contributed by atoms with van der Waals surface area (Å²) in [6.07, 6.45) is 1.94. The third-order valence-corrected chi connectivity index (χ3v) is 3.11. The molecule has 0 unspecified atom stereocenters. The Labute approximate surface area is 87.7 Å². The van der Waals surface area contributed by atoms with Gasteiger partial charge in [-0.3, -0.25) is 0 Å². The second-order valence-corrected chi connectivity index (χ2v) is 3.99. The molecular formula is C11H14FNO2. The molecule has 0 aromatic heterocycles. The third-order valence-electron chi connectivity index (χ3n) is 3.11. The van der Waals surface area contributed by atoms with Crippen molar-refractivity contribution in [2.75, 3.05) is 13.7 Å². The molecule has 0 radical (unpaired) electrons. The number of halogens is 1. The van der Waals surface area contributed by atoms with Gasteiger partial charge < -0.3 is 15.6 Å². The van der Waals surface area contributed by atoms with Crippen LogP contribution in [0.1, 0.15) is 18.4 Å². The Morgan fingerprint density at radius 1 is 1.53 bits per heavy atom. The average Bonchev–Trinajstić information content (AvgIpc) is 3.02. The lowest BCUT2D eigenvalue weighted by Gasteiger charge is -2.15. The van der Waals surface area contributed by atoms with Gasteiger partial charge >= 0.3 is 0 Å². The number of methoxy groups -OCH3 is 1. The van der Waals surface area contributed by atoms with Gasteiger partial charge in [-0.15, -0.1) is 0 Å². The Bertz CT molecular complexity index is 388. The fourth-order valence-electron chi connectivity index (χ4n) is 1.80. The summed E-state index contributed by atoms with van der Waals surface area (Å²) in [5.74, 6) is -0.914. The molecular weight excluding hydrogens is 197 g/mol. The number of phenolic OH excluding ortho intramolecular Hbond substituents is 1. The smallest absolute Gasteiger partial charge is 0.194 e. The van der Waals surface area contributed by atoms with Crippen molar-refractivity contribution in [3.05, 3.63) is 23.5 Å². The molecule has 1 aliphatic rings. The molecule has 0 bridgehead atoms. The normalized spacial score (nSPS) is 17.5. The average molecular weight is 211 g/mol. The summed E-state index contributed by atoms with van der Waals surface area (Å²) in [5, 5.41) is 9.35. The fraction of sp³-hybridized carbons (Fsp3) is 0.455. The Morgan fingerprint density at radius 2 is 2.20 bits per heavy atom. The lowest BCUT2D eigenvalue weighted by Crippen LogP contribution is -2.19. The van der Waals surface area contributed by atoms with E-state index in [2.05, 4.69) is 0 Å². The highest BCUT2D eigenvalue weighted by molar-refractivity contribution is 5.47. The van der Waals surface area contributed by atoms with Crippen molar-refractivity contribution in [3.63, 3.8) is 0 Å². The first-order valence-electron chi connectivity index (χ1n) is 4.90. The van der Waals surface area contributed by atoms with Gasteiger partial charge in [-0.25, -0.2) is 4.39 Å². The van der Waals surface area contributed by atoms with Gasteiger partial charge in [-0.2, -0.15) is 0 Å². The maximum atomic E-state index is 13.4. The molecule has 1 aliphatic carbocycles. The minimum atomic E-state index is -0.649. The molecule has 0 heterocycles. The standard InChI is InChI=1S/C11H14FNO2/c1-15-9-5-7(4-8(12)10(9)14)11(6-13)2-3-11/h4-5,14H,2-3,6,13H2,1H3. The van der Waals surface area contributed by atoms with E-state index in [4.69, 9.17) is 10.5 Å². The number of benzene rings is 1. The van der Waals surface area contributed by atoms with Crippen molar-refractivity contribution in [1.29, 1.82) is 0 Å². The number of aromatic hydroxyl groups is 1. The first-order valence-corrected chi connectivity index (χ1v) is 4.90. The van der Waals surface area contributed by atoms with Gasteiger partial charge in [-0.1, -0.05) is 0 Å². The van der Waals surface area contributed by atoms with E-state index in [1.54, 1.807) is 6.07 Å². The van der Waals surface area contributed by atoms with Crippen LogP contribution in [-0.2, 0) is 5.41 Å². The van der Waals surface area contributed by atoms with E-state index in [9.17, 15) is 9.50 Å². The minimum absolute atomic E-state index is 0.0954. The second kappa shape index (κ2) is 3.38. The molecule has 15 heavy (non-hydrogen) atoms. The van der Waals surface area contributed by atoms with Gasteiger partial charge in [0.15, 0.2) is 17.3 Å². The van der Waals surface area contributed by atoms with Gasteiger partial charge in [0.25, 0.3) is 0 Å². The molecule has 3 N–H and O–H groups in total. The Morgan fingerprint density at radius 3 is 2.67 bits per heavy atom. The minimum Gasteiger partial charge on any atom is -0.502 e. The van der Waals surface area contributed by atoms with E-state index < -0.39 is 11.6 Å². The molecule has 1 saturated carbocycles. The molecule has 0 amide bonds. The summed E-state index contributed by atoms with van der Waals surface area (Å²) in [6.45, 7) is 0.500. The molecule has 0 aliphatic heterocycles. The van der Waals surface area contributed by atoms with E-state index in [0.717, 1.165) is 18.4 Å². The van der Waals surface area contributed by atoms with Crippen LogP contribution in [0.4, 0.5) is 4.39 Å². The van der Waals surface area contributed by atoms with Crippen molar-refractivity contribution in [1.82, 2.24) is 0 Å². The second-order valence-electron chi connectivity index (χ2n) is 3.99. The highest BCUT2D eigenvalue weighted by atomic mass is 19.1. The lowest BCUT2D eigenvalue weighted by molar-refractivity contribution is 0.355. The maximum Gasteiger partial charge on any atom is 0.194 e. The fourth-order valence-corrected chi connectivity index (χ4v) is 1.80. The first-order chi connectivity index (χ1) is 7.13. The van der Waals surface area contributed by atoms with Crippen LogP contribution in [-0.4, -0.2) is 18.8 Å². The number of hydrogen-bond acceptors (Lipinski definition) is 3. The number of nitrogens with two attached hydrogens (primary N) is 1. The zero-order chi connectivity index (χ0) is 11.1. The quantitative estimate of drug-likeness (QED) is 0.797. The molecule has 0 saturated heterocycles. The molecule has 0 atom stereocenters. The molecule has 2 rings (SSSR count). The van der Waals surface area contributed by atoms with E-state index in [1.807, 2.05) is 0 Å². The third kappa shape index (κ3) is 1.55. The molecule has 3 nitrogen and oxygen atoms in total. The summed E-state index contributed by atoms with van der Waals surface area (Å²) in [4.78, 5) is 0.